The van der Waals surface area contributed by atoms with Gasteiger partial charge in [-0.1, -0.05) is 184 Å². The second-order valence-corrected chi connectivity index (χ2v) is 15.8. The Morgan fingerprint density at radius 3 is 1.81 bits per heavy atom. The molecule has 0 saturated heterocycles. The van der Waals surface area contributed by atoms with Crippen molar-refractivity contribution in [2.45, 2.75) is 19.3 Å². The van der Waals surface area contributed by atoms with Crippen molar-refractivity contribution in [3.8, 4) is 67.3 Å². The van der Waals surface area contributed by atoms with Crippen molar-refractivity contribution < 1.29 is 0 Å². The third kappa shape index (κ3) is 5.48. The molecule has 1 aromatic heterocycles. The van der Waals surface area contributed by atoms with E-state index in [-0.39, 0.29) is 5.41 Å². The number of fused-ring (bicyclic) bond motifs is 7. The lowest BCUT2D eigenvalue weighted by Gasteiger charge is -2.21. The first-order valence-corrected chi connectivity index (χ1v) is 19.7. The molecule has 0 amide bonds. The van der Waals surface area contributed by atoms with E-state index in [2.05, 4.69) is 190 Å². The van der Waals surface area contributed by atoms with Gasteiger partial charge in [-0.25, -0.2) is 9.97 Å². The van der Waals surface area contributed by atoms with Crippen molar-refractivity contribution in [1.29, 1.82) is 0 Å². The third-order valence-corrected chi connectivity index (χ3v) is 12.1. The summed E-state index contributed by atoms with van der Waals surface area (Å²) in [5.74, 6) is 0.708. The number of hydrogen-bond donors (Lipinski definition) is 0. The van der Waals surface area contributed by atoms with Crippen molar-refractivity contribution in [2.24, 2.45) is 0 Å². The molecule has 9 aromatic carbocycles. The smallest absolute Gasteiger partial charge is 0.160 e. The fourth-order valence-electron chi connectivity index (χ4n) is 9.16. The van der Waals surface area contributed by atoms with Crippen LogP contribution in [0.1, 0.15) is 25.0 Å². The lowest BCUT2D eigenvalue weighted by atomic mass is 9.82. The minimum Gasteiger partial charge on any atom is -0.228 e. The molecule has 0 unspecified atom stereocenters. The lowest BCUT2D eigenvalue weighted by Crippen LogP contribution is -2.14. The maximum atomic E-state index is 5.22. The summed E-state index contributed by atoms with van der Waals surface area (Å²) in [4.78, 5) is 10.4. The molecule has 2 nitrogen and oxygen atoms in total. The van der Waals surface area contributed by atoms with Crippen LogP contribution in [0.25, 0.3) is 99.6 Å². The van der Waals surface area contributed by atoms with Crippen molar-refractivity contribution in [1.82, 2.24) is 9.97 Å². The Labute approximate surface area is 332 Å². The minimum atomic E-state index is -0.00737. The highest BCUT2D eigenvalue weighted by atomic mass is 14.9. The minimum absolute atomic E-state index is 0.00737. The van der Waals surface area contributed by atoms with Gasteiger partial charge in [-0.3, -0.25) is 0 Å². The third-order valence-electron chi connectivity index (χ3n) is 12.1. The summed E-state index contributed by atoms with van der Waals surface area (Å²) in [5, 5.41) is 7.49. The Morgan fingerprint density at radius 2 is 0.965 bits per heavy atom. The molecule has 0 spiro atoms. The second-order valence-electron chi connectivity index (χ2n) is 15.8. The summed E-state index contributed by atoms with van der Waals surface area (Å²) >= 11 is 0. The SMILES string of the molecule is CC1(C)c2ccccc2-c2cc(-c3ccc(-c4cc(-c5cccc(-c6c7ccccc7cc7c6ccc6ccccc67)c5)nc(-c5ccccc5)n4)cc3)ccc21. The van der Waals surface area contributed by atoms with E-state index in [1.165, 1.54) is 71.3 Å². The number of benzene rings is 9. The zero-order chi connectivity index (χ0) is 38.1. The van der Waals surface area contributed by atoms with Crippen LogP contribution in [0.4, 0.5) is 0 Å². The molecule has 0 atom stereocenters. The molecule has 57 heavy (non-hydrogen) atoms. The molecule has 0 N–H and O–H groups in total. The quantitative estimate of drug-likeness (QED) is 0.130. The van der Waals surface area contributed by atoms with Crippen LogP contribution in [-0.4, -0.2) is 9.97 Å². The molecule has 0 bridgehead atoms. The van der Waals surface area contributed by atoms with Gasteiger partial charge in [0.1, 0.15) is 0 Å². The van der Waals surface area contributed by atoms with Gasteiger partial charge in [0, 0.05) is 22.1 Å². The molecule has 2 heteroatoms. The molecule has 1 aliphatic carbocycles. The van der Waals surface area contributed by atoms with Gasteiger partial charge in [0.15, 0.2) is 5.82 Å². The summed E-state index contributed by atoms with van der Waals surface area (Å²) in [7, 11) is 0. The maximum absolute atomic E-state index is 5.22. The van der Waals surface area contributed by atoms with E-state index >= 15 is 0 Å². The van der Waals surface area contributed by atoms with E-state index in [1.54, 1.807) is 0 Å². The average Bonchev–Trinajstić information content (AvgIpc) is 3.51. The number of nitrogens with zero attached hydrogens (tertiary/aromatic N) is 2. The van der Waals surface area contributed by atoms with Crippen molar-refractivity contribution >= 4 is 32.3 Å². The van der Waals surface area contributed by atoms with Gasteiger partial charge in [0.05, 0.1) is 11.4 Å². The summed E-state index contributed by atoms with van der Waals surface area (Å²) in [6.45, 7) is 4.66. The standard InChI is InChI=1S/C55H38N2/c1-55(2)49-22-11-10-21-45(49)48-32-39(28-30-50(48)55)35-23-25-37(26-24-35)51-34-52(57-54(56-51)38-14-4-3-5-15-38)41-17-12-18-42(31-41)53-44-20-9-7-16-40(44)33-47-43-19-8-6-13-36(43)27-29-46(47)53/h3-34H,1-2H3. The zero-order valence-electron chi connectivity index (χ0n) is 31.9. The molecular formula is C55H38N2. The summed E-state index contributed by atoms with van der Waals surface area (Å²) in [6, 6.07) is 70.2. The first kappa shape index (κ1) is 33.2. The molecule has 0 fully saturated rings. The number of rotatable bonds is 5. The molecule has 0 aliphatic heterocycles. The van der Waals surface area contributed by atoms with E-state index in [1.807, 2.05) is 18.2 Å². The number of hydrogen-bond acceptors (Lipinski definition) is 2. The maximum Gasteiger partial charge on any atom is 0.160 e. The first-order chi connectivity index (χ1) is 28.0. The molecule has 0 radical (unpaired) electrons. The van der Waals surface area contributed by atoms with E-state index in [4.69, 9.17) is 9.97 Å². The van der Waals surface area contributed by atoms with Gasteiger partial charge in [-0.15, -0.1) is 0 Å². The Balaban J connectivity index is 1.02. The van der Waals surface area contributed by atoms with E-state index < -0.39 is 0 Å². The molecule has 11 rings (SSSR count). The van der Waals surface area contributed by atoms with Crippen LogP contribution >= 0.6 is 0 Å². The molecule has 1 aliphatic rings. The van der Waals surface area contributed by atoms with Crippen LogP contribution in [-0.2, 0) is 5.41 Å². The Bertz CT molecular complexity index is 3190. The normalized spacial score (nSPS) is 12.9. The average molecular weight is 727 g/mol. The van der Waals surface area contributed by atoms with Gasteiger partial charge in [-0.2, -0.15) is 0 Å². The van der Waals surface area contributed by atoms with Gasteiger partial charge >= 0.3 is 0 Å². The first-order valence-electron chi connectivity index (χ1n) is 19.7. The van der Waals surface area contributed by atoms with Gasteiger partial charge in [0.25, 0.3) is 0 Å². The lowest BCUT2D eigenvalue weighted by molar-refractivity contribution is 0.660. The topological polar surface area (TPSA) is 25.8 Å². The predicted octanol–water partition coefficient (Wildman–Crippen LogP) is 14.6. The highest BCUT2D eigenvalue weighted by Gasteiger charge is 2.35. The molecule has 10 aromatic rings. The van der Waals surface area contributed by atoms with E-state index in [9.17, 15) is 0 Å². The van der Waals surface area contributed by atoms with E-state index in [0.717, 1.165) is 33.6 Å². The second kappa shape index (κ2) is 13.0. The van der Waals surface area contributed by atoms with Crippen molar-refractivity contribution in [3.63, 3.8) is 0 Å². The van der Waals surface area contributed by atoms with Crippen molar-refractivity contribution in [2.75, 3.05) is 0 Å². The summed E-state index contributed by atoms with van der Waals surface area (Å²) in [5.41, 5.74) is 15.1. The molecule has 1 heterocycles. The van der Waals surface area contributed by atoms with Gasteiger partial charge < -0.3 is 0 Å². The monoisotopic (exact) mass is 726 g/mol. The zero-order valence-corrected chi connectivity index (χ0v) is 31.9. The highest BCUT2D eigenvalue weighted by Crippen LogP contribution is 2.49. The van der Waals surface area contributed by atoms with Crippen LogP contribution < -0.4 is 0 Å². The molecular weight excluding hydrogens is 689 g/mol. The fourth-order valence-corrected chi connectivity index (χ4v) is 9.16. The number of aromatic nitrogens is 2. The Kier molecular flexibility index (Phi) is 7.55. The molecule has 268 valence electrons. The Morgan fingerprint density at radius 1 is 0.333 bits per heavy atom. The van der Waals surface area contributed by atoms with Crippen LogP contribution in [0.15, 0.2) is 194 Å². The van der Waals surface area contributed by atoms with Crippen LogP contribution in [0.5, 0.6) is 0 Å². The fraction of sp³-hybridized carbons (Fsp3) is 0.0545. The highest BCUT2D eigenvalue weighted by molar-refractivity contribution is 6.20. The summed E-state index contributed by atoms with van der Waals surface area (Å²) < 4.78 is 0. The van der Waals surface area contributed by atoms with Crippen LogP contribution in [0, 0.1) is 0 Å². The summed E-state index contributed by atoms with van der Waals surface area (Å²) in [6.07, 6.45) is 0. The van der Waals surface area contributed by atoms with Gasteiger partial charge in [0.2, 0.25) is 0 Å². The van der Waals surface area contributed by atoms with Crippen molar-refractivity contribution in [3.05, 3.63) is 205 Å². The largest absolute Gasteiger partial charge is 0.228 e. The molecule has 0 saturated carbocycles. The predicted molar refractivity (Wildman–Crippen MR) is 239 cm³/mol. The van der Waals surface area contributed by atoms with Crippen LogP contribution in [0.2, 0.25) is 0 Å². The van der Waals surface area contributed by atoms with Gasteiger partial charge in [-0.05, 0) is 101 Å². The van der Waals surface area contributed by atoms with Crippen LogP contribution in [0.3, 0.4) is 0 Å². The van der Waals surface area contributed by atoms with E-state index in [0.29, 0.717) is 5.82 Å². The Hall–Kier alpha value is -7.16.